The van der Waals surface area contributed by atoms with Crippen molar-refractivity contribution in [1.29, 1.82) is 0 Å². The summed E-state index contributed by atoms with van der Waals surface area (Å²) in [5, 5.41) is 0. The molecule has 2 rings (SSSR count). The minimum atomic E-state index is -0.0374. The van der Waals surface area contributed by atoms with Gasteiger partial charge in [-0.1, -0.05) is 6.07 Å². The van der Waals surface area contributed by atoms with Crippen LogP contribution in [0.4, 0.5) is 5.69 Å². The first kappa shape index (κ1) is 13.9. The summed E-state index contributed by atoms with van der Waals surface area (Å²) in [5.74, 6) is 0.699. The number of anilines is 1. The molecule has 0 aromatic heterocycles. The Labute approximate surface area is 126 Å². The maximum Gasteiger partial charge on any atom is 0.258 e. The molecule has 0 atom stereocenters. The molecular formula is C15H14INO2. The Morgan fingerprint density at radius 1 is 1.16 bits per heavy atom. The van der Waals surface area contributed by atoms with Crippen LogP contribution in [0.1, 0.15) is 10.4 Å². The lowest BCUT2D eigenvalue weighted by Gasteiger charge is -2.18. The molecule has 4 heteroatoms. The molecule has 0 radical (unpaired) electrons. The fourth-order valence-electron chi connectivity index (χ4n) is 1.72. The SMILES string of the molecule is COc1cccc(N(C)C(=O)c2ccc(I)cc2)c1. The van der Waals surface area contributed by atoms with E-state index in [0.29, 0.717) is 5.56 Å². The Morgan fingerprint density at radius 3 is 2.47 bits per heavy atom. The highest BCUT2D eigenvalue weighted by Gasteiger charge is 2.13. The van der Waals surface area contributed by atoms with Crippen molar-refractivity contribution in [2.45, 2.75) is 0 Å². The van der Waals surface area contributed by atoms with Crippen LogP contribution in [0.15, 0.2) is 48.5 Å². The van der Waals surface area contributed by atoms with E-state index in [1.165, 1.54) is 0 Å². The first-order valence-corrected chi connectivity index (χ1v) is 6.87. The number of hydrogen-bond donors (Lipinski definition) is 0. The van der Waals surface area contributed by atoms with E-state index in [2.05, 4.69) is 22.6 Å². The first-order valence-electron chi connectivity index (χ1n) is 5.79. The van der Waals surface area contributed by atoms with E-state index in [0.717, 1.165) is 15.0 Å². The second-order valence-corrected chi connectivity index (χ2v) is 5.32. The molecule has 0 spiro atoms. The Hall–Kier alpha value is -1.56. The Balaban J connectivity index is 2.25. The molecule has 98 valence electrons. The molecule has 0 aliphatic rings. The number of benzene rings is 2. The summed E-state index contributed by atoms with van der Waals surface area (Å²) in [6.07, 6.45) is 0. The molecule has 0 bridgehead atoms. The molecular weight excluding hydrogens is 353 g/mol. The molecule has 0 saturated carbocycles. The van der Waals surface area contributed by atoms with Crippen LogP contribution in [0.25, 0.3) is 0 Å². The quantitative estimate of drug-likeness (QED) is 0.777. The van der Waals surface area contributed by atoms with Crippen LogP contribution in [0, 0.1) is 3.57 Å². The van der Waals surface area contributed by atoms with Gasteiger partial charge >= 0.3 is 0 Å². The molecule has 0 unspecified atom stereocenters. The van der Waals surface area contributed by atoms with E-state index >= 15 is 0 Å². The number of carbonyl (C=O) groups is 1. The number of methoxy groups -OCH3 is 1. The zero-order valence-corrected chi connectivity index (χ0v) is 12.9. The van der Waals surface area contributed by atoms with Crippen molar-refractivity contribution >= 4 is 34.2 Å². The molecule has 0 heterocycles. The van der Waals surface area contributed by atoms with Crippen LogP contribution in [0.2, 0.25) is 0 Å². The number of amides is 1. The first-order chi connectivity index (χ1) is 9.11. The maximum atomic E-state index is 12.3. The molecule has 19 heavy (non-hydrogen) atoms. The highest BCUT2D eigenvalue weighted by Crippen LogP contribution is 2.21. The number of halogens is 1. The molecule has 2 aromatic rings. The van der Waals surface area contributed by atoms with Crippen molar-refractivity contribution in [3.8, 4) is 5.75 Å². The van der Waals surface area contributed by atoms with Crippen LogP contribution >= 0.6 is 22.6 Å². The fourth-order valence-corrected chi connectivity index (χ4v) is 2.08. The van der Waals surface area contributed by atoms with E-state index in [1.807, 2.05) is 48.5 Å². The molecule has 0 fully saturated rings. The summed E-state index contributed by atoms with van der Waals surface area (Å²) in [6, 6.07) is 15.0. The predicted molar refractivity (Wildman–Crippen MR) is 84.9 cm³/mol. The number of ether oxygens (including phenoxy) is 1. The number of hydrogen-bond acceptors (Lipinski definition) is 2. The van der Waals surface area contributed by atoms with Gasteiger partial charge in [0.15, 0.2) is 0 Å². The van der Waals surface area contributed by atoms with E-state index in [-0.39, 0.29) is 5.91 Å². The van der Waals surface area contributed by atoms with Gasteiger partial charge in [0.2, 0.25) is 0 Å². The second-order valence-electron chi connectivity index (χ2n) is 4.07. The van der Waals surface area contributed by atoms with E-state index < -0.39 is 0 Å². The van der Waals surface area contributed by atoms with Gasteiger partial charge < -0.3 is 9.64 Å². The standard InChI is InChI=1S/C15H14INO2/c1-17(13-4-3-5-14(10-13)19-2)15(18)11-6-8-12(16)9-7-11/h3-10H,1-2H3. The van der Waals surface area contributed by atoms with E-state index in [9.17, 15) is 4.79 Å². The topological polar surface area (TPSA) is 29.5 Å². The summed E-state index contributed by atoms with van der Waals surface area (Å²) in [7, 11) is 3.37. The van der Waals surface area contributed by atoms with Crippen LogP contribution in [-0.4, -0.2) is 20.1 Å². The third kappa shape index (κ3) is 3.26. The lowest BCUT2D eigenvalue weighted by molar-refractivity contribution is 0.0993. The zero-order valence-electron chi connectivity index (χ0n) is 10.8. The summed E-state index contributed by atoms with van der Waals surface area (Å²) >= 11 is 2.22. The van der Waals surface area contributed by atoms with Crippen molar-refractivity contribution < 1.29 is 9.53 Å². The van der Waals surface area contributed by atoms with Crippen LogP contribution in [0.3, 0.4) is 0 Å². The lowest BCUT2D eigenvalue weighted by atomic mass is 10.2. The summed E-state index contributed by atoms with van der Waals surface area (Å²) in [6.45, 7) is 0. The third-order valence-corrected chi connectivity index (χ3v) is 3.56. The average Bonchev–Trinajstić information content (AvgIpc) is 2.46. The predicted octanol–water partition coefficient (Wildman–Crippen LogP) is 3.58. The van der Waals surface area contributed by atoms with Crippen molar-refractivity contribution in [2.75, 3.05) is 19.1 Å². The van der Waals surface area contributed by atoms with E-state index in [4.69, 9.17) is 4.74 Å². The minimum Gasteiger partial charge on any atom is -0.497 e. The van der Waals surface area contributed by atoms with Gasteiger partial charge in [0.25, 0.3) is 5.91 Å². The normalized spacial score (nSPS) is 10.1. The van der Waals surface area contributed by atoms with Crippen molar-refractivity contribution in [3.05, 3.63) is 57.7 Å². The summed E-state index contributed by atoms with van der Waals surface area (Å²) in [5.41, 5.74) is 1.48. The average molecular weight is 367 g/mol. The van der Waals surface area contributed by atoms with Gasteiger partial charge in [-0.25, -0.2) is 0 Å². The van der Waals surface area contributed by atoms with Gasteiger partial charge in [-0.3, -0.25) is 4.79 Å². The third-order valence-electron chi connectivity index (χ3n) is 2.84. The fraction of sp³-hybridized carbons (Fsp3) is 0.133. The largest absolute Gasteiger partial charge is 0.497 e. The minimum absolute atomic E-state index is 0.0374. The Bertz CT molecular complexity index is 581. The van der Waals surface area contributed by atoms with Crippen molar-refractivity contribution in [1.82, 2.24) is 0 Å². The molecule has 3 nitrogen and oxygen atoms in total. The van der Waals surface area contributed by atoms with E-state index in [1.54, 1.807) is 19.1 Å². The monoisotopic (exact) mass is 367 g/mol. The second kappa shape index (κ2) is 6.06. The van der Waals surface area contributed by atoms with Crippen LogP contribution in [-0.2, 0) is 0 Å². The van der Waals surface area contributed by atoms with Crippen molar-refractivity contribution in [3.63, 3.8) is 0 Å². The number of carbonyl (C=O) groups excluding carboxylic acids is 1. The van der Waals surface area contributed by atoms with Crippen molar-refractivity contribution in [2.24, 2.45) is 0 Å². The highest BCUT2D eigenvalue weighted by atomic mass is 127. The van der Waals surface area contributed by atoms with Gasteiger partial charge in [0.05, 0.1) is 7.11 Å². The number of nitrogens with zero attached hydrogens (tertiary/aromatic N) is 1. The lowest BCUT2D eigenvalue weighted by Crippen LogP contribution is -2.26. The van der Waals surface area contributed by atoms with Gasteiger partial charge in [0.1, 0.15) is 5.75 Å². The van der Waals surface area contributed by atoms with Crippen LogP contribution in [0.5, 0.6) is 5.75 Å². The Kier molecular flexibility index (Phi) is 4.42. The molecule has 0 saturated heterocycles. The maximum absolute atomic E-state index is 12.3. The number of rotatable bonds is 3. The zero-order chi connectivity index (χ0) is 13.8. The molecule has 2 aromatic carbocycles. The molecule has 1 amide bonds. The highest BCUT2D eigenvalue weighted by molar-refractivity contribution is 14.1. The summed E-state index contributed by atoms with van der Waals surface area (Å²) in [4.78, 5) is 14.0. The molecule has 0 aliphatic heterocycles. The molecule has 0 N–H and O–H groups in total. The molecule has 0 aliphatic carbocycles. The van der Waals surface area contributed by atoms with Crippen LogP contribution < -0.4 is 9.64 Å². The van der Waals surface area contributed by atoms with Gasteiger partial charge in [-0.05, 0) is 59.0 Å². The summed E-state index contributed by atoms with van der Waals surface area (Å²) < 4.78 is 6.28. The van der Waals surface area contributed by atoms with Gasteiger partial charge in [0, 0.05) is 27.9 Å². The smallest absolute Gasteiger partial charge is 0.258 e. The Morgan fingerprint density at radius 2 is 1.84 bits per heavy atom. The van der Waals surface area contributed by atoms with Gasteiger partial charge in [-0.2, -0.15) is 0 Å². The van der Waals surface area contributed by atoms with Gasteiger partial charge in [-0.15, -0.1) is 0 Å².